The van der Waals surface area contributed by atoms with E-state index in [-0.39, 0.29) is 23.3 Å². The molecule has 3 N–H and O–H groups in total. The maximum atomic E-state index is 12.3. The van der Waals surface area contributed by atoms with Crippen molar-refractivity contribution in [2.75, 3.05) is 25.9 Å². The lowest BCUT2D eigenvalue weighted by atomic mass is 10.2. The third-order valence-corrected chi connectivity index (χ3v) is 4.57. The van der Waals surface area contributed by atoms with E-state index in [1.807, 2.05) is 13.8 Å². The number of likely N-dealkylation sites (N-methyl/N-ethyl adjacent to an activating group) is 1. The lowest BCUT2D eigenvalue weighted by Gasteiger charge is -2.17. The molecule has 0 aliphatic rings. The molecule has 20 heavy (non-hydrogen) atoms. The van der Waals surface area contributed by atoms with Gasteiger partial charge in [-0.3, -0.25) is 4.79 Å². The number of hydrogen-bond acceptors (Lipinski definition) is 5. The number of rotatable bonds is 6. The number of aromatic nitrogens is 2. The van der Waals surface area contributed by atoms with Crippen LogP contribution >= 0.6 is 0 Å². The summed E-state index contributed by atoms with van der Waals surface area (Å²) in [5.41, 5.74) is 5.56. The van der Waals surface area contributed by atoms with Crippen molar-refractivity contribution >= 4 is 21.7 Å². The van der Waals surface area contributed by atoms with Crippen molar-refractivity contribution in [1.29, 1.82) is 0 Å². The van der Waals surface area contributed by atoms with Gasteiger partial charge in [0.15, 0.2) is 10.8 Å². The van der Waals surface area contributed by atoms with Crippen molar-refractivity contribution in [1.82, 2.24) is 19.2 Å². The summed E-state index contributed by atoms with van der Waals surface area (Å²) >= 11 is 0. The lowest BCUT2D eigenvalue weighted by Crippen LogP contribution is -2.40. The van der Waals surface area contributed by atoms with Crippen LogP contribution in [0.1, 0.15) is 13.8 Å². The fourth-order valence-corrected chi connectivity index (χ4v) is 2.87. The van der Waals surface area contributed by atoms with E-state index in [2.05, 4.69) is 10.3 Å². The Hall–Kier alpha value is -1.61. The van der Waals surface area contributed by atoms with Crippen molar-refractivity contribution in [2.24, 2.45) is 13.0 Å². The van der Waals surface area contributed by atoms with E-state index in [4.69, 9.17) is 5.73 Å². The second kappa shape index (κ2) is 6.23. The van der Waals surface area contributed by atoms with E-state index in [9.17, 15) is 13.2 Å². The highest BCUT2D eigenvalue weighted by atomic mass is 32.2. The van der Waals surface area contributed by atoms with Gasteiger partial charge in [0.25, 0.3) is 10.0 Å². The minimum atomic E-state index is -3.84. The molecule has 9 heteroatoms. The van der Waals surface area contributed by atoms with Gasteiger partial charge in [0, 0.05) is 20.6 Å². The maximum Gasteiger partial charge on any atom is 0.262 e. The molecule has 114 valence electrons. The van der Waals surface area contributed by atoms with E-state index < -0.39 is 10.0 Å². The third-order valence-electron chi connectivity index (χ3n) is 2.64. The van der Waals surface area contributed by atoms with Crippen LogP contribution in [-0.4, -0.2) is 48.3 Å². The van der Waals surface area contributed by atoms with Gasteiger partial charge in [-0.05, 0) is 5.92 Å². The molecule has 8 nitrogen and oxygen atoms in total. The van der Waals surface area contributed by atoms with Gasteiger partial charge in [0.05, 0.1) is 12.9 Å². The fraction of sp³-hybridized carbons (Fsp3) is 0.636. The minimum absolute atomic E-state index is 0.0815. The fourth-order valence-electron chi connectivity index (χ4n) is 1.56. The van der Waals surface area contributed by atoms with Crippen LogP contribution in [0.15, 0.2) is 11.4 Å². The second-order valence-corrected chi connectivity index (χ2v) is 6.97. The normalized spacial score (nSPS) is 12.1. The first-order valence-electron chi connectivity index (χ1n) is 6.16. The zero-order chi connectivity index (χ0) is 15.5. The Bertz CT molecular complexity index is 559. The average molecular weight is 303 g/mol. The standard InChI is InChI=1S/C11H21N5O3S/c1-8(2)5-13-9(17)6-16(4)20(18,19)11-10(12)14-7-15(11)3/h7-8H,5-6,12H2,1-4H3,(H,13,17). The summed E-state index contributed by atoms with van der Waals surface area (Å²) < 4.78 is 26.9. The summed E-state index contributed by atoms with van der Waals surface area (Å²) in [5, 5.41) is 2.55. The quantitative estimate of drug-likeness (QED) is 0.729. The summed E-state index contributed by atoms with van der Waals surface area (Å²) in [6, 6.07) is 0. The van der Waals surface area contributed by atoms with E-state index >= 15 is 0 Å². The van der Waals surface area contributed by atoms with E-state index in [1.54, 1.807) is 0 Å². The molecule has 1 aromatic rings. The lowest BCUT2D eigenvalue weighted by molar-refractivity contribution is -0.121. The van der Waals surface area contributed by atoms with Gasteiger partial charge in [-0.15, -0.1) is 0 Å². The molecular weight excluding hydrogens is 282 g/mol. The number of hydrogen-bond donors (Lipinski definition) is 2. The monoisotopic (exact) mass is 303 g/mol. The van der Waals surface area contributed by atoms with Gasteiger partial charge in [0.1, 0.15) is 0 Å². The molecule has 0 fully saturated rings. The van der Waals surface area contributed by atoms with E-state index in [0.717, 1.165) is 4.31 Å². The summed E-state index contributed by atoms with van der Waals surface area (Å²) in [6.45, 7) is 4.15. The van der Waals surface area contributed by atoms with Gasteiger partial charge in [-0.1, -0.05) is 13.8 Å². The highest BCUT2D eigenvalue weighted by molar-refractivity contribution is 7.89. The number of nitrogens with one attached hydrogen (secondary N) is 1. The van der Waals surface area contributed by atoms with Crippen LogP contribution < -0.4 is 11.1 Å². The van der Waals surface area contributed by atoms with Gasteiger partial charge >= 0.3 is 0 Å². The Balaban J connectivity index is 2.81. The zero-order valence-electron chi connectivity index (χ0n) is 12.1. The van der Waals surface area contributed by atoms with E-state index in [1.165, 1.54) is 25.0 Å². The number of sulfonamides is 1. The van der Waals surface area contributed by atoms with Crippen molar-refractivity contribution in [2.45, 2.75) is 18.9 Å². The van der Waals surface area contributed by atoms with Gasteiger partial charge in [-0.25, -0.2) is 13.4 Å². The SMILES string of the molecule is CC(C)CNC(=O)CN(C)S(=O)(=O)c1c(N)ncn1C. The zero-order valence-corrected chi connectivity index (χ0v) is 12.9. The van der Waals surface area contributed by atoms with Gasteiger partial charge in [0.2, 0.25) is 5.91 Å². The van der Waals surface area contributed by atoms with Gasteiger partial charge in [-0.2, -0.15) is 4.31 Å². The molecule has 0 unspecified atom stereocenters. The molecule has 0 saturated heterocycles. The van der Waals surface area contributed by atoms with Gasteiger partial charge < -0.3 is 15.6 Å². The molecule has 0 aliphatic carbocycles. The topological polar surface area (TPSA) is 110 Å². The van der Waals surface area contributed by atoms with Crippen LogP contribution in [-0.2, 0) is 21.9 Å². The van der Waals surface area contributed by atoms with Crippen LogP contribution in [0.4, 0.5) is 5.82 Å². The summed E-state index contributed by atoms with van der Waals surface area (Å²) in [7, 11) is -0.982. The molecule has 1 amide bonds. The van der Waals surface area contributed by atoms with E-state index in [0.29, 0.717) is 12.5 Å². The van der Waals surface area contributed by atoms with Crippen molar-refractivity contribution < 1.29 is 13.2 Å². The van der Waals surface area contributed by atoms with Crippen LogP contribution in [0, 0.1) is 5.92 Å². The molecule has 0 saturated carbocycles. The Morgan fingerprint density at radius 1 is 1.55 bits per heavy atom. The average Bonchev–Trinajstić information content (AvgIpc) is 2.66. The molecular formula is C11H21N5O3S. The number of anilines is 1. The van der Waals surface area contributed by atoms with Crippen LogP contribution in [0.25, 0.3) is 0 Å². The second-order valence-electron chi connectivity index (χ2n) is 5.00. The molecule has 0 aliphatic heterocycles. The Morgan fingerprint density at radius 2 is 2.15 bits per heavy atom. The number of carbonyl (C=O) groups is 1. The number of imidazole rings is 1. The van der Waals surface area contributed by atoms with Crippen molar-refractivity contribution in [3.63, 3.8) is 0 Å². The first kappa shape index (κ1) is 16.4. The maximum absolute atomic E-state index is 12.3. The molecule has 0 radical (unpaired) electrons. The molecule has 0 aromatic carbocycles. The molecule has 1 rings (SSSR count). The smallest absolute Gasteiger partial charge is 0.262 e. The Morgan fingerprint density at radius 3 is 2.60 bits per heavy atom. The molecule has 0 bridgehead atoms. The number of nitrogens with zero attached hydrogens (tertiary/aromatic N) is 3. The molecule has 0 spiro atoms. The number of amides is 1. The van der Waals surface area contributed by atoms with Crippen LogP contribution in [0.3, 0.4) is 0 Å². The van der Waals surface area contributed by atoms with Crippen molar-refractivity contribution in [3.8, 4) is 0 Å². The minimum Gasteiger partial charge on any atom is -0.381 e. The number of nitrogens with two attached hydrogens (primary N) is 1. The first-order chi connectivity index (χ1) is 9.16. The molecule has 1 aromatic heterocycles. The highest BCUT2D eigenvalue weighted by Crippen LogP contribution is 2.19. The Labute approximate surface area is 119 Å². The van der Waals surface area contributed by atoms with Crippen LogP contribution in [0.2, 0.25) is 0 Å². The molecule has 0 atom stereocenters. The summed E-state index contributed by atoms with van der Waals surface area (Å²) in [4.78, 5) is 15.4. The molecule has 1 heterocycles. The Kier molecular flexibility index (Phi) is 5.12. The first-order valence-corrected chi connectivity index (χ1v) is 7.60. The third kappa shape index (κ3) is 3.70. The largest absolute Gasteiger partial charge is 0.381 e. The number of carbonyl (C=O) groups excluding carboxylic acids is 1. The summed E-state index contributed by atoms with van der Waals surface area (Å²) in [5.74, 6) is -0.138. The van der Waals surface area contributed by atoms with Crippen LogP contribution in [0.5, 0.6) is 0 Å². The summed E-state index contributed by atoms with van der Waals surface area (Å²) in [6.07, 6.45) is 1.31. The van der Waals surface area contributed by atoms with Crippen molar-refractivity contribution in [3.05, 3.63) is 6.33 Å². The number of nitrogen functional groups attached to an aromatic ring is 1. The predicted molar refractivity (Wildman–Crippen MR) is 75.3 cm³/mol. The predicted octanol–water partition coefficient (Wildman–Crippen LogP) is -0.605. The highest BCUT2D eigenvalue weighted by Gasteiger charge is 2.28. The number of aryl methyl sites for hydroxylation is 1.